The van der Waals surface area contributed by atoms with Crippen LogP contribution in [0.3, 0.4) is 0 Å². The second-order valence-electron chi connectivity index (χ2n) is 3.45. The SMILES string of the molecule is C1CNCCN1.C1CNCCN1.O.O=S(=O)(O)O. The van der Waals surface area contributed by atoms with E-state index >= 15 is 0 Å². The highest BCUT2D eigenvalue weighted by Gasteiger charge is 1.92. The lowest BCUT2D eigenvalue weighted by Crippen LogP contribution is -2.39. The number of nitrogens with one attached hydrogen (secondary N) is 4. The van der Waals surface area contributed by atoms with E-state index in [1.165, 1.54) is 0 Å². The molecule has 2 fully saturated rings. The van der Waals surface area contributed by atoms with Gasteiger partial charge in [-0.05, 0) is 0 Å². The zero-order chi connectivity index (χ0) is 13.0. The molecule has 10 heteroatoms. The first-order chi connectivity index (χ1) is 8.00. The van der Waals surface area contributed by atoms with E-state index in [0.717, 1.165) is 52.4 Å². The monoisotopic (exact) mass is 288 g/mol. The van der Waals surface area contributed by atoms with E-state index in [-0.39, 0.29) is 5.48 Å². The van der Waals surface area contributed by atoms with E-state index in [1.807, 2.05) is 0 Å². The molecule has 0 aliphatic carbocycles. The third kappa shape index (κ3) is 24.8. The van der Waals surface area contributed by atoms with Gasteiger partial charge < -0.3 is 26.7 Å². The Morgan fingerprint density at radius 3 is 0.778 bits per heavy atom. The average molecular weight is 288 g/mol. The lowest BCUT2D eigenvalue weighted by atomic mass is 10.4. The van der Waals surface area contributed by atoms with Crippen LogP contribution in [0, 0.1) is 0 Å². The van der Waals surface area contributed by atoms with Crippen molar-refractivity contribution < 1.29 is 23.0 Å². The Hall–Kier alpha value is -0.330. The molecular weight excluding hydrogens is 264 g/mol. The molecule has 2 aliphatic heterocycles. The van der Waals surface area contributed by atoms with Crippen molar-refractivity contribution in [3.05, 3.63) is 0 Å². The molecule has 2 rings (SSSR count). The summed E-state index contributed by atoms with van der Waals surface area (Å²) in [5.41, 5.74) is 0. The highest BCUT2D eigenvalue weighted by atomic mass is 32.3. The molecule has 0 spiro atoms. The fourth-order valence-corrected chi connectivity index (χ4v) is 1.21. The maximum Gasteiger partial charge on any atom is 0.394 e. The van der Waals surface area contributed by atoms with Crippen molar-refractivity contribution >= 4 is 10.4 Å². The van der Waals surface area contributed by atoms with E-state index in [1.54, 1.807) is 0 Å². The van der Waals surface area contributed by atoms with Gasteiger partial charge in [0.05, 0.1) is 0 Å². The zero-order valence-electron chi connectivity index (χ0n) is 10.3. The lowest BCUT2D eigenvalue weighted by molar-refractivity contribution is 0.381. The van der Waals surface area contributed by atoms with Gasteiger partial charge in [0.15, 0.2) is 0 Å². The molecule has 0 aromatic rings. The number of hydrogen-bond donors (Lipinski definition) is 6. The summed E-state index contributed by atoms with van der Waals surface area (Å²) in [6.07, 6.45) is 0. The van der Waals surface area contributed by atoms with Gasteiger partial charge in [-0.3, -0.25) is 9.11 Å². The Bertz CT molecular complexity index is 211. The largest absolute Gasteiger partial charge is 0.412 e. The van der Waals surface area contributed by atoms with Crippen molar-refractivity contribution in [3.8, 4) is 0 Å². The molecule has 0 aromatic heterocycles. The quantitative estimate of drug-likeness (QED) is 0.256. The van der Waals surface area contributed by atoms with E-state index in [2.05, 4.69) is 21.3 Å². The molecule has 2 heterocycles. The fourth-order valence-electron chi connectivity index (χ4n) is 1.21. The summed E-state index contributed by atoms with van der Waals surface area (Å²) >= 11 is 0. The van der Waals surface area contributed by atoms with Gasteiger partial charge in [-0.15, -0.1) is 0 Å². The van der Waals surface area contributed by atoms with Crippen molar-refractivity contribution in [2.45, 2.75) is 0 Å². The smallest absolute Gasteiger partial charge is 0.394 e. The highest BCUT2D eigenvalue weighted by Crippen LogP contribution is 1.66. The number of rotatable bonds is 0. The van der Waals surface area contributed by atoms with Crippen molar-refractivity contribution in [3.63, 3.8) is 0 Å². The first-order valence-electron chi connectivity index (χ1n) is 5.53. The highest BCUT2D eigenvalue weighted by molar-refractivity contribution is 7.79. The average Bonchev–Trinajstić information content (AvgIpc) is 2.32. The molecule has 8 N–H and O–H groups in total. The minimum absolute atomic E-state index is 0. The van der Waals surface area contributed by atoms with Crippen molar-refractivity contribution in [2.24, 2.45) is 0 Å². The second-order valence-corrected chi connectivity index (χ2v) is 4.34. The van der Waals surface area contributed by atoms with Crippen LogP contribution in [0.4, 0.5) is 0 Å². The summed E-state index contributed by atoms with van der Waals surface area (Å²) in [6, 6.07) is 0. The maximum atomic E-state index is 8.74. The molecule has 18 heavy (non-hydrogen) atoms. The van der Waals surface area contributed by atoms with Crippen LogP contribution in [0.1, 0.15) is 0 Å². The Labute approximate surface area is 108 Å². The third-order valence-corrected chi connectivity index (χ3v) is 1.91. The summed E-state index contributed by atoms with van der Waals surface area (Å²) in [5.74, 6) is 0. The van der Waals surface area contributed by atoms with Gasteiger partial charge in [0.1, 0.15) is 0 Å². The molecule has 0 radical (unpaired) electrons. The van der Waals surface area contributed by atoms with Gasteiger partial charge >= 0.3 is 10.4 Å². The van der Waals surface area contributed by atoms with E-state index in [9.17, 15) is 0 Å². The molecule has 2 aliphatic rings. The Morgan fingerprint density at radius 1 is 0.611 bits per heavy atom. The molecule has 2 saturated heterocycles. The molecule has 0 amide bonds. The topological polar surface area (TPSA) is 154 Å². The standard InChI is InChI=1S/2C4H10N2.H2O4S.H2O/c2*1-2-6-4-3-5-1;1-5(2,3)4;/h2*5-6H,1-4H2;(H2,1,2,3,4);1H2. The van der Waals surface area contributed by atoms with Crippen molar-refractivity contribution in [1.29, 1.82) is 0 Å². The van der Waals surface area contributed by atoms with Crippen LogP contribution in [0.2, 0.25) is 0 Å². The van der Waals surface area contributed by atoms with E-state index in [4.69, 9.17) is 17.5 Å². The third-order valence-electron chi connectivity index (χ3n) is 1.91. The molecule has 0 unspecified atom stereocenters. The molecular formula is C8H24N4O5S. The lowest BCUT2D eigenvalue weighted by Gasteiger charge is -2.11. The normalized spacial score (nSPS) is 19.2. The van der Waals surface area contributed by atoms with Crippen LogP contribution in [0.15, 0.2) is 0 Å². The summed E-state index contributed by atoms with van der Waals surface area (Å²) in [6.45, 7) is 9.11. The van der Waals surface area contributed by atoms with Gasteiger partial charge in [-0.1, -0.05) is 0 Å². The fraction of sp³-hybridized carbons (Fsp3) is 1.00. The van der Waals surface area contributed by atoms with Gasteiger partial charge in [-0.25, -0.2) is 0 Å². The van der Waals surface area contributed by atoms with Gasteiger partial charge in [-0.2, -0.15) is 8.42 Å². The Balaban J connectivity index is 0. The van der Waals surface area contributed by atoms with Crippen LogP contribution in [0.5, 0.6) is 0 Å². The first-order valence-corrected chi connectivity index (χ1v) is 6.92. The van der Waals surface area contributed by atoms with Gasteiger partial charge in [0.2, 0.25) is 0 Å². The van der Waals surface area contributed by atoms with Gasteiger partial charge in [0, 0.05) is 52.4 Å². The predicted octanol–water partition coefficient (Wildman–Crippen LogP) is -3.12. The summed E-state index contributed by atoms with van der Waals surface area (Å²) in [7, 11) is -4.67. The molecule has 0 aromatic carbocycles. The van der Waals surface area contributed by atoms with Crippen LogP contribution in [0.25, 0.3) is 0 Å². The molecule has 0 bridgehead atoms. The predicted molar refractivity (Wildman–Crippen MR) is 69.3 cm³/mol. The molecule has 0 saturated carbocycles. The van der Waals surface area contributed by atoms with Crippen molar-refractivity contribution in [2.75, 3.05) is 52.4 Å². The van der Waals surface area contributed by atoms with Crippen LogP contribution in [-0.2, 0) is 10.4 Å². The minimum Gasteiger partial charge on any atom is -0.412 e. The Kier molecular flexibility index (Phi) is 14.6. The molecule has 9 nitrogen and oxygen atoms in total. The van der Waals surface area contributed by atoms with Crippen molar-refractivity contribution in [1.82, 2.24) is 21.3 Å². The molecule has 112 valence electrons. The van der Waals surface area contributed by atoms with E-state index < -0.39 is 10.4 Å². The van der Waals surface area contributed by atoms with Crippen LogP contribution >= 0.6 is 0 Å². The van der Waals surface area contributed by atoms with Crippen LogP contribution in [-0.4, -0.2) is 75.4 Å². The summed E-state index contributed by atoms with van der Waals surface area (Å²) < 4.78 is 31.6. The van der Waals surface area contributed by atoms with E-state index in [0.29, 0.717) is 0 Å². The Morgan fingerprint density at radius 2 is 0.722 bits per heavy atom. The van der Waals surface area contributed by atoms with Crippen LogP contribution < -0.4 is 21.3 Å². The number of hydrogen-bond acceptors (Lipinski definition) is 6. The van der Waals surface area contributed by atoms with Gasteiger partial charge in [0.25, 0.3) is 0 Å². The minimum atomic E-state index is -4.67. The zero-order valence-corrected chi connectivity index (χ0v) is 11.1. The maximum absolute atomic E-state index is 8.74. The molecule has 0 atom stereocenters. The first kappa shape index (κ1) is 20.0. The summed E-state index contributed by atoms with van der Waals surface area (Å²) in [4.78, 5) is 0. The second kappa shape index (κ2) is 13.1. The number of piperazine rings is 2. The summed E-state index contributed by atoms with van der Waals surface area (Å²) in [5, 5.41) is 12.9.